The van der Waals surface area contributed by atoms with Crippen LogP contribution in [0.5, 0.6) is 0 Å². The largest absolute Gasteiger partial charge is 0.463 e. The summed E-state index contributed by atoms with van der Waals surface area (Å²) < 4.78 is 165. The Hall–Kier alpha value is -4.22. The number of ether oxygens (including phenoxy) is 32. The van der Waals surface area contributed by atoms with Gasteiger partial charge in [0.2, 0.25) is 0 Å². The van der Waals surface area contributed by atoms with E-state index >= 15 is 0 Å². The molecule has 0 bridgehead atoms. The van der Waals surface area contributed by atoms with Crippen LogP contribution in [0.4, 0.5) is 0 Å². The van der Waals surface area contributed by atoms with Gasteiger partial charge in [0.15, 0.2) is 0 Å². The van der Waals surface area contributed by atoms with E-state index in [4.69, 9.17) is 152 Å². The zero-order chi connectivity index (χ0) is 94.2. The molecule has 18 fully saturated rings. The molecule has 0 aromatic rings. The molecule has 16 heterocycles. The Morgan fingerprint density at radius 1 is 0.207 bits per heavy atom. The first-order valence-electron chi connectivity index (χ1n) is 50.8. The molecule has 0 aromatic heterocycles. The fourth-order valence-corrected chi connectivity index (χ4v) is 13.5. The van der Waals surface area contributed by atoms with Gasteiger partial charge in [-0.15, -0.1) is 0 Å². The minimum Gasteiger partial charge on any atom is -0.463 e. The maximum atomic E-state index is 12.1. The Kier molecular flexibility index (Phi) is 54.8. The van der Waals surface area contributed by atoms with Gasteiger partial charge in [-0.3, -0.25) is 28.8 Å². The van der Waals surface area contributed by atoms with Gasteiger partial charge >= 0.3 is 35.8 Å². The van der Waals surface area contributed by atoms with Crippen LogP contribution in [0.25, 0.3) is 0 Å². The Morgan fingerprint density at radius 2 is 0.385 bits per heavy atom. The van der Waals surface area contributed by atoms with Crippen molar-refractivity contribution in [3.05, 3.63) is 0 Å². The van der Waals surface area contributed by atoms with Crippen LogP contribution in [0.1, 0.15) is 181 Å². The SMILES string of the molecule is C(CCCCCOCC1CO1)CCCCOCC1CO1.C(CCCOCC1CO1)CCOCC1CO1.C(CCOCC1CO1)COCC1CO1.C(COCC1CO1)OCC1CO1.CC(C)(COCC1CO1)COCC1CO1.O=C(CCCCC(=O)OCC1CO1)OCC1CO1.O=C(OCC1CO1)C1CCC(C(=O)OCC2CO2)CC1.O=C(OCC1CO1)C1CCCCC1C(=O)OCC1CO1. The van der Waals surface area contributed by atoms with Crippen LogP contribution in [0.3, 0.4) is 0 Å². The van der Waals surface area contributed by atoms with Crippen molar-refractivity contribution in [1.29, 1.82) is 0 Å². The summed E-state index contributed by atoms with van der Waals surface area (Å²) in [5.41, 5.74) is 0.0732. The monoisotopic (exact) mass is 1940 g/mol. The summed E-state index contributed by atoms with van der Waals surface area (Å²) in [5.74, 6) is -2.23. The standard InChI is InChI=1S/C16H30O4.2C14H20O6.C12H18O6.C12H22O4.C11H20O4.C10H18O4.C8H14O4/c1(3-5-7-9-17-11-15-13-19-15)2-4-6-8-10-18-12-16-14-20-16;15-13(19-7-11-5-17-11)9-1-2-10(4-3-9)14(16)20-8-12-6-18-12;15-13(19-7-9-5-17-9)11-3-1-2-4-12(11)14(16)20-8-10-6-18-10;13-11(17-7-9-5-15-9)3-1-2-4-12(14)18-8-10-6-16-10;1(3-5-13-7-11-9-15-11)2-4-6-14-8-12-10-16-12;1-11(2,7-12-3-9-5-14-9)8-13-4-10-6-15-10;1(3-11-5-9-7-13-9)2-4-12-6-10-8-14-10;1(9-3-7-5-11-7)2-10-4-8-6-12-8/h15-16H,1-14H2;2*9-12H,1-8H2;9-10H,1-8H2;11-12H,1-10H2;9-10H,3-8H2,1-2H3;9-10H,1-8H2;7-8H,1-6H2. The Morgan fingerprint density at radius 3 is 0.607 bits per heavy atom. The first kappa shape index (κ1) is 111. The first-order chi connectivity index (χ1) is 66.1. The molecule has 38 heteroatoms. The minimum absolute atomic E-state index is 0.0555. The van der Waals surface area contributed by atoms with E-state index in [0.29, 0.717) is 231 Å². The summed E-state index contributed by atoms with van der Waals surface area (Å²) in [6, 6.07) is 0. The van der Waals surface area contributed by atoms with Crippen LogP contribution < -0.4 is 0 Å². The number of carbonyl (C=O) groups excluding carboxylic acids is 6. The third-order valence-electron chi connectivity index (χ3n) is 23.6. The van der Waals surface area contributed by atoms with Gasteiger partial charge in [0.25, 0.3) is 0 Å². The highest BCUT2D eigenvalue weighted by molar-refractivity contribution is 5.82. The number of rotatable bonds is 71. The highest BCUT2D eigenvalue weighted by atomic mass is 16.7. The zero-order valence-electron chi connectivity index (χ0n) is 80.6. The topological polar surface area (TPSA) is 451 Å². The molecule has 18 rings (SSSR count). The zero-order valence-corrected chi connectivity index (χ0v) is 80.6. The van der Waals surface area contributed by atoms with E-state index in [-0.39, 0.29) is 102 Å². The molecule has 0 spiro atoms. The second kappa shape index (κ2) is 66.6. The summed E-state index contributed by atoms with van der Waals surface area (Å²) in [4.78, 5) is 70.3. The molecule has 18 unspecified atom stereocenters. The van der Waals surface area contributed by atoms with Gasteiger partial charge in [0, 0.05) is 57.9 Å². The number of epoxide rings is 16. The fraction of sp³-hybridized carbons (Fsp3) is 0.938. The molecular weight excluding hydrogens is 1770 g/mol. The van der Waals surface area contributed by atoms with Gasteiger partial charge in [0.05, 0.1) is 222 Å². The lowest BCUT2D eigenvalue weighted by Gasteiger charge is -2.28. The molecule has 38 nitrogen and oxygen atoms in total. The van der Waals surface area contributed by atoms with Crippen molar-refractivity contribution in [3.63, 3.8) is 0 Å². The molecule has 0 N–H and O–H groups in total. The smallest absolute Gasteiger partial charge is 0.309 e. The molecule has 0 radical (unpaired) electrons. The van der Waals surface area contributed by atoms with Gasteiger partial charge < -0.3 is 152 Å². The summed E-state index contributed by atoms with van der Waals surface area (Å²) in [6.07, 6.45) is 29.7. The molecule has 135 heavy (non-hydrogen) atoms. The van der Waals surface area contributed by atoms with Crippen LogP contribution in [0, 0.1) is 29.1 Å². The fourth-order valence-electron chi connectivity index (χ4n) is 13.5. The molecule has 0 amide bonds. The minimum atomic E-state index is -0.366. The summed E-state index contributed by atoms with van der Waals surface area (Å²) >= 11 is 0. The van der Waals surface area contributed by atoms with Crippen molar-refractivity contribution in [2.75, 3.05) is 277 Å². The second-order valence-electron chi connectivity index (χ2n) is 38.2. The van der Waals surface area contributed by atoms with E-state index in [1.165, 1.54) is 64.2 Å². The van der Waals surface area contributed by atoms with E-state index in [1.807, 2.05) is 0 Å². The Labute approximate surface area is 797 Å². The Bertz CT molecular complexity index is 2910. The van der Waals surface area contributed by atoms with E-state index in [2.05, 4.69) is 13.8 Å². The maximum Gasteiger partial charge on any atom is 0.309 e. The van der Waals surface area contributed by atoms with Crippen LogP contribution in [0.15, 0.2) is 0 Å². The highest BCUT2D eigenvalue weighted by Crippen LogP contribution is 2.35. The average molecular weight is 1940 g/mol. The summed E-state index contributed by atoms with van der Waals surface area (Å²) in [7, 11) is 0. The van der Waals surface area contributed by atoms with Crippen LogP contribution >= 0.6 is 0 Å². The lowest BCUT2D eigenvalue weighted by molar-refractivity contribution is -0.163. The van der Waals surface area contributed by atoms with E-state index in [0.717, 1.165) is 210 Å². The van der Waals surface area contributed by atoms with Crippen molar-refractivity contribution in [1.82, 2.24) is 0 Å². The maximum absolute atomic E-state index is 12.1. The summed E-state index contributed by atoms with van der Waals surface area (Å²) in [5, 5.41) is 0. The Balaban J connectivity index is 0.000000149. The predicted molar refractivity (Wildman–Crippen MR) is 478 cm³/mol. The second-order valence-corrected chi connectivity index (χ2v) is 38.2. The molecule has 778 valence electrons. The quantitative estimate of drug-likeness (QED) is 0.0248. The van der Waals surface area contributed by atoms with Crippen molar-refractivity contribution in [2.45, 2.75) is 278 Å². The normalized spacial score (nSPS) is 29.6. The predicted octanol–water partition coefficient (Wildman–Crippen LogP) is 7.36. The first-order valence-corrected chi connectivity index (χ1v) is 50.8. The molecule has 2 aliphatic carbocycles. The van der Waals surface area contributed by atoms with Crippen LogP contribution in [0.2, 0.25) is 0 Å². The van der Waals surface area contributed by atoms with Crippen molar-refractivity contribution >= 4 is 35.8 Å². The van der Waals surface area contributed by atoms with Gasteiger partial charge in [-0.1, -0.05) is 78.1 Å². The third kappa shape index (κ3) is 64.1. The molecular formula is C97H162O38. The highest BCUT2D eigenvalue weighted by Gasteiger charge is 2.41. The van der Waals surface area contributed by atoms with Gasteiger partial charge in [-0.25, -0.2) is 0 Å². The number of esters is 6. The number of hydrogen-bond donors (Lipinski definition) is 0. The molecule has 0 aromatic carbocycles. The molecule has 16 saturated heterocycles. The lowest BCUT2D eigenvalue weighted by atomic mass is 9.79. The molecule has 18 atom stereocenters. The average Bonchev–Trinajstić information content (AvgIpc) is 1.68. The van der Waals surface area contributed by atoms with Crippen molar-refractivity contribution < 1.29 is 180 Å². The van der Waals surface area contributed by atoms with E-state index < -0.39 is 0 Å². The van der Waals surface area contributed by atoms with Crippen LogP contribution in [-0.2, 0) is 180 Å². The molecule has 2 saturated carbocycles. The van der Waals surface area contributed by atoms with Gasteiger partial charge in [0.1, 0.15) is 137 Å². The molecule has 18 aliphatic rings. The van der Waals surface area contributed by atoms with E-state index in [9.17, 15) is 28.8 Å². The lowest BCUT2D eigenvalue weighted by Crippen LogP contribution is -2.35. The number of carbonyl (C=O) groups is 6. The number of hydrogen-bond acceptors (Lipinski definition) is 38. The molecule has 16 aliphatic heterocycles. The van der Waals surface area contributed by atoms with E-state index in [1.54, 1.807) is 0 Å². The summed E-state index contributed by atoms with van der Waals surface area (Å²) in [6.45, 7) is 34.7. The van der Waals surface area contributed by atoms with Gasteiger partial charge in [-0.2, -0.15) is 0 Å². The van der Waals surface area contributed by atoms with Crippen molar-refractivity contribution in [3.8, 4) is 0 Å². The third-order valence-corrected chi connectivity index (χ3v) is 23.6. The van der Waals surface area contributed by atoms with Gasteiger partial charge in [-0.05, 0) is 89.9 Å². The number of unbranched alkanes of at least 4 members (excludes halogenated alkanes) is 12. The van der Waals surface area contributed by atoms with Crippen LogP contribution in [-0.4, -0.2) is 411 Å². The van der Waals surface area contributed by atoms with Crippen molar-refractivity contribution in [2.24, 2.45) is 29.1 Å².